The van der Waals surface area contributed by atoms with Crippen molar-refractivity contribution < 1.29 is 9.53 Å². The number of carbonyl (C=O) groups excluding carboxylic acids is 1. The van der Waals surface area contributed by atoms with E-state index in [0.29, 0.717) is 17.8 Å². The smallest absolute Gasteiger partial charge is 0.305 e. The highest BCUT2D eigenvalue weighted by Crippen LogP contribution is 2.41. The van der Waals surface area contributed by atoms with Gasteiger partial charge >= 0.3 is 5.97 Å². The first-order valence-electron chi connectivity index (χ1n) is 6.75. The average molecular weight is 242 g/mol. The van der Waals surface area contributed by atoms with Gasteiger partial charge in [0.05, 0.1) is 7.11 Å². The van der Waals surface area contributed by atoms with Gasteiger partial charge in [-0.25, -0.2) is 0 Å². The Kier molecular flexibility index (Phi) is 6.22. The van der Waals surface area contributed by atoms with Crippen LogP contribution in [0.15, 0.2) is 0 Å². The predicted molar refractivity (Wildman–Crippen MR) is 72.9 cm³/mol. The van der Waals surface area contributed by atoms with Crippen LogP contribution in [0.3, 0.4) is 0 Å². The normalized spacial score (nSPS) is 14.5. The number of esters is 1. The van der Waals surface area contributed by atoms with E-state index in [0.717, 1.165) is 19.3 Å². The standard InChI is InChI=1S/C15H30O2/c1-8-14(3,4)11-12(10-13(16)17-7)15(5,6)9-2/h12H,8-11H2,1-7H3. The van der Waals surface area contributed by atoms with Crippen LogP contribution in [0.4, 0.5) is 0 Å². The largest absolute Gasteiger partial charge is 0.469 e. The minimum absolute atomic E-state index is 0.0802. The van der Waals surface area contributed by atoms with Gasteiger partial charge in [-0.05, 0) is 23.2 Å². The molecule has 0 saturated heterocycles. The molecule has 0 spiro atoms. The zero-order chi connectivity index (χ0) is 13.7. The minimum Gasteiger partial charge on any atom is -0.469 e. The molecule has 0 amide bonds. The van der Waals surface area contributed by atoms with Gasteiger partial charge in [0.15, 0.2) is 0 Å². The quantitative estimate of drug-likeness (QED) is 0.617. The van der Waals surface area contributed by atoms with Crippen LogP contribution >= 0.6 is 0 Å². The zero-order valence-electron chi connectivity index (χ0n) is 12.7. The highest BCUT2D eigenvalue weighted by Gasteiger charge is 2.34. The maximum atomic E-state index is 11.5. The number of methoxy groups -OCH3 is 1. The van der Waals surface area contributed by atoms with Gasteiger partial charge in [-0.3, -0.25) is 4.79 Å². The summed E-state index contributed by atoms with van der Waals surface area (Å²) in [6, 6.07) is 0. The van der Waals surface area contributed by atoms with E-state index in [2.05, 4.69) is 41.5 Å². The van der Waals surface area contributed by atoms with Gasteiger partial charge in [0.25, 0.3) is 0 Å². The Morgan fingerprint density at radius 2 is 1.65 bits per heavy atom. The number of ether oxygens (including phenoxy) is 1. The van der Waals surface area contributed by atoms with E-state index in [1.54, 1.807) is 0 Å². The molecule has 0 aromatic carbocycles. The molecule has 0 aliphatic carbocycles. The highest BCUT2D eigenvalue weighted by atomic mass is 16.5. The summed E-state index contributed by atoms with van der Waals surface area (Å²) in [4.78, 5) is 11.5. The second-order valence-corrected chi connectivity index (χ2v) is 6.54. The highest BCUT2D eigenvalue weighted by molar-refractivity contribution is 5.69. The van der Waals surface area contributed by atoms with Crippen molar-refractivity contribution in [3.63, 3.8) is 0 Å². The molecule has 0 aromatic rings. The van der Waals surface area contributed by atoms with Crippen molar-refractivity contribution in [2.75, 3.05) is 7.11 Å². The Hall–Kier alpha value is -0.530. The molecular weight excluding hydrogens is 212 g/mol. The third-order valence-corrected chi connectivity index (χ3v) is 4.41. The summed E-state index contributed by atoms with van der Waals surface area (Å²) in [5.74, 6) is 0.318. The fourth-order valence-corrected chi connectivity index (χ4v) is 2.01. The van der Waals surface area contributed by atoms with E-state index >= 15 is 0 Å². The number of hydrogen-bond donors (Lipinski definition) is 0. The molecule has 102 valence electrons. The number of rotatable bonds is 7. The van der Waals surface area contributed by atoms with Crippen LogP contribution in [0.25, 0.3) is 0 Å². The van der Waals surface area contributed by atoms with Crippen LogP contribution in [-0.2, 0) is 9.53 Å². The van der Waals surface area contributed by atoms with Crippen LogP contribution in [0.5, 0.6) is 0 Å². The number of carbonyl (C=O) groups is 1. The Morgan fingerprint density at radius 1 is 1.12 bits per heavy atom. The molecule has 0 aromatic heterocycles. The van der Waals surface area contributed by atoms with Crippen molar-refractivity contribution in [1.29, 1.82) is 0 Å². The first-order valence-corrected chi connectivity index (χ1v) is 6.75. The minimum atomic E-state index is -0.0802. The molecule has 2 nitrogen and oxygen atoms in total. The third kappa shape index (κ3) is 5.56. The van der Waals surface area contributed by atoms with E-state index in [9.17, 15) is 4.79 Å². The van der Waals surface area contributed by atoms with Crippen molar-refractivity contribution in [2.24, 2.45) is 16.7 Å². The molecule has 17 heavy (non-hydrogen) atoms. The molecule has 0 radical (unpaired) electrons. The van der Waals surface area contributed by atoms with Crippen LogP contribution in [0, 0.1) is 16.7 Å². The zero-order valence-corrected chi connectivity index (χ0v) is 12.7. The lowest BCUT2D eigenvalue weighted by Gasteiger charge is -2.38. The second-order valence-electron chi connectivity index (χ2n) is 6.54. The van der Waals surface area contributed by atoms with E-state index in [1.807, 2.05) is 0 Å². The van der Waals surface area contributed by atoms with E-state index in [4.69, 9.17) is 4.74 Å². The van der Waals surface area contributed by atoms with E-state index < -0.39 is 0 Å². The fourth-order valence-electron chi connectivity index (χ4n) is 2.01. The maximum Gasteiger partial charge on any atom is 0.305 e. The monoisotopic (exact) mass is 242 g/mol. The Labute approximate surface area is 107 Å². The molecule has 0 heterocycles. The molecular formula is C15H30O2. The Bertz CT molecular complexity index is 241. The van der Waals surface area contributed by atoms with Crippen molar-refractivity contribution in [2.45, 2.75) is 67.2 Å². The van der Waals surface area contributed by atoms with Crippen LogP contribution < -0.4 is 0 Å². The van der Waals surface area contributed by atoms with Crippen LogP contribution in [0.2, 0.25) is 0 Å². The SMILES string of the molecule is CCC(C)(C)CC(CC(=O)OC)C(C)(C)CC. The van der Waals surface area contributed by atoms with Gasteiger partial charge in [-0.1, -0.05) is 54.4 Å². The van der Waals surface area contributed by atoms with Gasteiger partial charge < -0.3 is 4.74 Å². The van der Waals surface area contributed by atoms with Crippen molar-refractivity contribution in [3.8, 4) is 0 Å². The summed E-state index contributed by atoms with van der Waals surface area (Å²) < 4.78 is 4.83. The van der Waals surface area contributed by atoms with Crippen molar-refractivity contribution in [3.05, 3.63) is 0 Å². The molecule has 0 fully saturated rings. The topological polar surface area (TPSA) is 26.3 Å². The molecule has 2 heteroatoms. The van der Waals surface area contributed by atoms with E-state index in [-0.39, 0.29) is 11.4 Å². The average Bonchev–Trinajstić information content (AvgIpc) is 2.27. The lowest BCUT2D eigenvalue weighted by atomic mass is 9.67. The van der Waals surface area contributed by atoms with Gasteiger partial charge in [0, 0.05) is 6.42 Å². The lowest BCUT2D eigenvalue weighted by molar-refractivity contribution is -0.143. The Morgan fingerprint density at radius 3 is 2.00 bits per heavy atom. The van der Waals surface area contributed by atoms with Crippen LogP contribution in [0.1, 0.15) is 67.2 Å². The second kappa shape index (κ2) is 6.42. The molecule has 0 aliphatic heterocycles. The maximum absolute atomic E-state index is 11.5. The molecule has 0 aliphatic rings. The first-order chi connectivity index (χ1) is 7.68. The molecule has 1 unspecified atom stereocenters. The molecule has 0 N–H and O–H groups in total. The summed E-state index contributed by atoms with van der Waals surface area (Å²) in [6.07, 6.45) is 3.86. The summed E-state index contributed by atoms with van der Waals surface area (Å²) >= 11 is 0. The van der Waals surface area contributed by atoms with Gasteiger partial charge in [-0.15, -0.1) is 0 Å². The predicted octanol–water partition coefficient (Wildman–Crippen LogP) is 4.43. The lowest BCUT2D eigenvalue weighted by Crippen LogP contribution is -2.30. The van der Waals surface area contributed by atoms with Crippen molar-refractivity contribution >= 4 is 5.97 Å². The molecule has 0 rings (SSSR count). The van der Waals surface area contributed by atoms with Gasteiger partial charge in [-0.2, -0.15) is 0 Å². The fraction of sp³-hybridized carbons (Fsp3) is 0.933. The van der Waals surface area contributed by atoms with Crippen LogP contribution in [-0.4, -0.2) is 13.1 Å². The summed E-state index contributed by atoms with van der Waals surface area (Å²) in [5, 5.41) is 0. The van der Waals surface area contributed by atoms with Gasteiger partial charge in [0.1, 0.15) is 0 Å². The molecule has 0 saturated carbocycles. The van der Waals surface area contributed by atoms with Gasteiger partial charge in [0.2, 0.25) is 0 Å². The summed E-state index contributed by atoms with van der Waals surface area (Å²) in [6.45, 7) is 13.5. The third-order valence-electron chi connectivity index (χ3n) is 4.41. The van der Waals surface area contributed by atoms with Crippen molar-refractivity contribution in [1.82, 2.24) is 0 Å². The first kappa shape index (κ1) is 16.5. The summed E-state index contributed by atoms with van der Waals surface area (Å²) in [7, 11) is 1.48. The number of hydrogen-bond acceptors (Lipinski definition) is 2. The molecule has 1 atom stereocenters. The summed E-state index contributed by atoms with van der Waals surface area (Å²) in [5.41, 5.74) is 0.492. The molecule has 0 bridgehead atoms. The van der Waals surface area contributed by atoms with E-state index in [1.165, 1.54) is 7.11 Å². The Balaban J connectivity index is 4.80.